The quantitative estimate of drug-likeness (QED) is 0.515. The Kier molecular flexibility index (Phi) is 7.94. The molecule has 0 aliphatic heterocycles. The molecule has 4 aliphatic carbocycles. The molecule has 1 amide bonds. The molecule has 3 saturated carbocycles. The van der Waals surface area contributed by atoms with Crippen molar-refractivity contribution in [2.75, 3.05) is 13.2 Å². The molecule has 3 N–H and O–H groups in total. The molecule has 0 aromatic carbocycles. The summed E-state index contributed by atoms with van der Waals surface area (Å²) in [6.07, 6.45) is 7.28. The van der Waals surface area contributed by atoms with Gasteiger partial charge in [-0.15, -0.1) is 0 Å². The Morgan fingerprint density at radius 1 is 1.26 bits per heavy atom. The van der Waals surface area contributed by atoms with E-state index in [1.807, 2.05) is 6.08 Å². The monoisotopic (exact) mass is 489 g/mol. The van der Waals surface area contributed by atoms with Gasteiger partial charge in [-0.1, -0.05) is 32.4 Å². The van der Waals surface area contributed by atoms with Crippen molar-refractivity contribution in [2.24, 2.45) is 40.4 Å². The fourth-order valence-electron chi connectivity index (χ4n) is 7.79. The summed E-state index contributed by atoms with van der Waals surface area (Å²) in [4.78, 5) is 45.6. The van der Waals surface area contributed by atoms with Crippen LogP contribution in [0.3, 0.4) is 0 Å². The minimum Gasteiger partial charge on any atom is -0.465 e. The Hall–Kier alpha value is -2.48. The molecule has 35 heavy (non-hydrogen) atoms. The van der Waals surface area contributed by atoms with E-state index in [0.29, 0.717) is 24.8 Å². The van der Waals surface area contributed by atoms with Crippen LogP contribution in [0.1, 0.15) is 60.3 Å². The number of aliphatic hydroxyl groups excluding tert-OH is 1. The number of hydrogen-bond donors (Lipinski definition) is 3. The van der Waals surface area contributed by atoms with Gasteiger partial charge in [0.2, 0.25) is 0 Å². The Bertz CT molecular complexity index is 940. The molecule has 8 nitrogen and oxygen atoms in total. The lowest BCUT2D eigenvalue weighted by molar-refractivity contribution is -0.152. The fraction of sp³-hybridized carbons (Fsp3) is 0.704. The van der Waals surface area contributed by atoms with Crippen molar-refractivity contribution in [3.05, 3.63) is 23.8 Å². The summed E-state index contributed by atoms with van der Waals surface area (Å²) in [6, 6.07) is 0. The van der Waals surface area contributed by atoms with Gasteiger partial charge in [0.05, 0.1) is 6.10 Å². The van der Waals surface area contributed by atoms with Crippen molar-refractivity contribution in [1.29, 1.82) is 0 Å². The van der Waals surface area contributed by atoms with E-state index >= 15 is 0 Å². The standard InChI is InChI=1S/C24H32O5.C3H7NO2/c1-13-9-18-17-6-5-15-10-16(26)7-8-23(15,3)22(17)19(27)11-24(18,4)21(13)20(28)12-29-14(2)25;1-2-4-3(5)6/h7-8,10,13,17-19,21-22,27H,5-6,9,11-12H2,1-4H3;4H,2H2,1H3,(H,5,6)/t13-,17-,18?,19?,21?,22?,23-,24-;/m0./s1. The molecular weight excluding hydrogens is 450 g/mol. The predicted molar refractivity (Wildman–Crippen MR) is 129 cm³/mol. The third-order valence-electron chi connectivity index (χ3n) is 8.93. The maximum atomic E-state index is 13.0. The lowest BCUT2D eigenvalue weighted by atomic mass is 9.46. The molecule has 4 aliphatic rings. The van der Waals surface area contributed by atoms with E-state index in [1.165, 1.54) is 6.92 Å². The third kappa shape index (κ3) is 5.08. The van der Waals surface area contributed by atoms with Gasteiger partial charge in [-0.25, -0.2) is 4.79 Å². The summed E-state index contributed by atoms with van der Waals surface area (Å²) >= 11 is 0. The molecule has 0 bridgehead atoms. The summed E-state index contributed by atoms with van der Waals surface area (Å²) in [6.45, 7) is 9.80. The molecule has 8 atom stereocenters. The summed E-state index contributed by atoms with van der Waals surface area (Å²) in [5, 5.41) is 21.3. The smallest absolute Gasteiger partial charge is 0.404 e. The summed E-state index contributed by atoms with van der Waals surface area (Å²) in [7, 11) is 0. The van der Waals surface area contributed by atoms with Gasteiger partial charge in [-0.05, 0) is 67.9 Å². The maximum Gasteiger partial charge on any atom is 0.404 e. The van der Waals surface area contributed by atoms with E-state index in [4.69, 9.17) is 9.84 Å². The number of amides is 1. The van der Waals surface area contributed by atoms with E-state index in [0.717, 1.165) is 24.8 Å². The highest BCUT2D eigenvalue weighted by Crippen LogP contribution is 2.67. The van der Waals surface area contributed by atoms with Gasteiger partial charge < -0.3 is 20.3 Å². The van der Waals surface area contributed by atoms with Gasteiger partial charge in [-0.3, -0.25) is 14.4 Å². The second-order valence-electron chi connectivity index (χ2n) is 11.1. The van der Waals surface area contributed by atoms with E-state index < -0.39 is 18.2 Å². The van der Waals surface area contributed by atoms with Crippen LogP contribution in [0, 0.1) is 40.4 Å². The van der Waals surface area contributed by atoms with Gasteiger partial charge in [0, 0.05) is 30.7 Å². The first-order valence-corrected chi connectivity index (χ1v) is 12.6. The minimum atomic E-state index is -0.961. The summed E-state index contributed by atoms with van der Waals surface area (Å²) in [5.74, 6) is 0.319. The van der Waals surface area contributed by atoms with Crippen LogP contribution < -0.4 is 5.32 Å². The number of aliphatic hydroxyl groups is 1. The number of ketones is 2. The molecule has 4 unspecified atom stereocenters. The first-order valence-electron chi connectivity index (χ1n) is 12.6. The van der Waals surface area contributed by atoms with Gasteiger partial charge in [-0.2, -0.15) is 0 Å². The first-order chi connectivity index (χ1) is 16.3. The zero-order valence-electron chi connectivity index (χ0n) is 21.4. The number of esters is 1. The number of hydrogen-bond acceptors (Lipinski definition) is 6. The van der Waals surface area contributed by atoms with E-state index in [2.05, 4.69) is 26.1 Å². The van der Waals surface area contributed by atoms with Gasteiger partial charge in [0.15, 0.2) is 11.6 Å². The van der Waals surface area contributed by atoms with Crippen LogP contribution in [0.5, 0.6) is 0 Å². The van der Waals surface area contributed by atoms with E-state index in [1.54, 1.807) is 19.1 Å². The number of carboxylic acid groups (broad SMARTS) is 1. The highest BCUT2D eigenvalue weighted by molar-refractivity contribution is 6.01. The largest absolute Gasteiger partial charge is 0.465 e. The lowest BCUT2D eigenvalue weighted by Crippen LogP contribution is -2.56. The van der Waals surface area contributed by atoms with E-state index in [-0.39, 0.29) is 46.8 Å². The second-order valence-corrected chi connectivity index (χ2v) is 11.1. The molecule has 4 rings (SSSR count). The summed E-state index contributed by atoms with van der Waals surface area (Å²) < 4.78 is 5.02. The van der Waals surface area contributed by atoms with Crippen LogP contribution in [0.15, 0.2) is 23.8 Å². The predicted octanol–water partition coefficient (Wildman–Crippen LogP) is 3.53. The van der Waals surface area contributed by atoms with Crippen LogP contribution in [0.4, 0.5) is 4.79 Å². The number of allylic oxidation sites excluding steroid dienone is 4. The van der Waals surface area contributed by atoms with Crippen LogP contribution in [-0.2, 0) is 19.1 Å². The molecule has 3 fully saturated rings. The van der Waals surface area contributed by atoms with Crippen molar-refractivity contribution in [3.63, 3.8) is 0 Å². The molecule has 0 spiro atoms. The van der Waals surface area contributed by atoms with Crippen molar-refractivity contribution in [1.82, 2.24) is 5.32 Å². The SMILES string of the molecule is CC(=O)OCC(=O)C1[C@@H](C)CC2[C@@H]3CCC4=CC(=O)C=C[C@]4(C)C3C(O)C[C@@]21C.CCNC(=O)O. The van der Waals surface area contributed by atoms with Crippen molar-refractivity contribution >= 4 is 23.6 Å². The van der Waals surface area contributed by atoms with Gasteiger partial charge >= 0.3 is 12.1 Å². The topological polar surface area (TPSA) is 130 Å². The number of carbonyl (C=O) groups excluding carboxylic acids is 3. The molecule has 0 aromatic rings. The molecule has 0 aromatic heterocycles. The Labute approximate surface area is 207 Å². The highest BCUT2D eigenvalue weighted by Gasteiger charge is 2.64. The fourth-order valence-corrected chi connectivity index (χ4v) is 7.79. The van der Waals surface area contributed by atoms with E-state index in [9.17, 15) is 24.3 Å². The Morgan fingerprint density at radius 2 is 1.94 bits per heavy atom. The van der Waals surface area contributed by atoms with Crippen molar-refractivity contribution in [3.8, 4) is 0 Å². The van der Waals surface area contributed by atoms with Crippen molar-refractivity contribution < 1.29 is 34.1 Å². The second kappa shape index (κ2) is 10.2. The number of ether oxygens (including phenoxy) is 1. The molecule has 194 valence electrons. The third-order valence-corrected chi connectivity index (χ3v) is 8.93. The Balaban J connectivity index is 0.000000509. The maximum absolute atomic E-state index is 13.0. The first kappa shape index (κ1) is 27.1. The van der Waals surface area contributed by atoms with Gasteiger partial charge in [0.25, 0.3) is 0 Å². The summed E-state index contributed by atoms with van der Waals surface area (Å²) in [5.41, 5.74) is 0.561. The number of fused-ring (bicyclic) bond motifs is 5. The number of Topliss-reactive ketones (excluding diaryl/α,β-unsaturated/α-hetero) is 1. The molecular formula is C27H39NO7. The molecule has 8 heteroatoms. The van der Waals surface area contributed by atoms with Crippen molar-refractivity contribution in [2.45, 2.75) is 66.4 Å². The number of rotatable bonds is 4. The highest BCUT2D eigenvalue weighted by atomic mass is 16.5. The number of nitrogens with one attached hydrogen (secondary N) is 1. The zero-order chi connectivity index (χ0) is 26.1. The average molecular weight is 490 g/mol. The average Bonchev–Trinajstić information content (AvgIpc) is 3.02. The lowest BCUT2D eigenvalue weighted by Gasteiger charge is -2.58. The molecule has 0 radical (unpaired) electrons. The van der Waals surface area contributed by atoms with Crippen LogP contribution in [0.2, 0.25) is 0 Å². The molecule has 0 heterocycles. The Morgan fingerprint density at radius 3 is 2.51 bits per heavy atom. The minimum absolute atomic E-state index is 0.0193. The number of carbonyl (C=O) groups is 4. The normalized spacial score (nSPS) is 39.1. The van der Waals surface area contributed by atoms with Crippen LogP contribution >= 0.6 is 0 Å². The van der Waals surface area contributed by atoms with Crippen LogP contribution in [0.25, 0.3) is 0 Å². The van der Waals surface area contributed by atoms with Crippen LogP contribution in [-0.4, -0.2) is 53.1 Å². The zero-order valence-corrected chi connectivity index (χ0v) is 21.4. The molecule has 0 saturated heterocycles. The van der Waals surface area contributed by atoms with Gasteiger partial charge in [0.1, 0.15) is 6.61 Å².